The molecular weight excluding hydrogens is 606 g/mol. The van der Waals surface area contributed by atoms with Gasteiger partial charge in [-0.3, -0.25) is 19.2 Å². The summed E-state index contributed by atoms with van der Waals surface area (Å²) >= 11 is 0. The fourth-order valence-electron chi connectivity index (χ4n) is 5.73. The van der Waals surface area contributed by atoms with Gasteiger partial charge in [-0.05, 0) is 66.9 Å². The van der Waals surface area contributed by atoms with Crippen LogP contribution in [0.5, 0.6) is 0 Å². The van der Waals surface area contributed by atoms with Gasteiger partial charge in [0.25, 0.3) is 11.8 Å². The number of nitrogens with zero attached hydrogens (tertiary/aromatic N) is 3. The van der Waals surface area contributed by atoms with Crippen molar-refractivity contribution < 1.29 is 24.3 Å². The number of aliphatic carboxylic acids is 1. The third-order valence-corrected chi connectivity index (χ3v) is 8.29. The Labute approximate surface area is 279 Å². The highest BCUT2D eigenvalue weighted by atomic mass is 16.4. The average molecular weight is 644 g/mol. The molecule has 0 bridgehead atoms. The second kappa shape index (κ2) is 15.6. The summed E-state index contributed by atoms with van der Waals surface area (Å²) in [6, 6.07) is 29.6. The number of amides is 3. The molecule has 48 heavy (non-hydrogen) atoms. The molecular formula is C38H37N5O5. The molecule has 5 rings (SSSR count). The van der Waals surface area contributed by atoms with E-state index in [0.717, 1.165) is 11.1 Å². The Bertz CT molecular complexity index is 1820. The molecule has 10 nitrogen and oxygen atoms in total. The molecule has 1 saturated heterocycles. The molecule has 1 heterocycles. The van der Waals surface area contributed by atoms with Gasteiger partial charge in [0.15, 0.2) is 0 Å². The monoisotopic (exact) mass is 643 g/mol. The molecule has 1 fully saturated rings. The lowest BCUT2D eigenvalue weighted by molar-refractivity contribution is -0.137. The van der Waals surface area contributed by atoms with Gasteiger partial charge in [0.2, 0.25) is 5.91 Å². The first-order valence-electron chi connectivity index (χ1n) is 15.8. The Morgan fingerprint density at radius 1 is 0.854 bits per heavy atom. The van der Waals surface area contributed by atoms with E-state index < -0.39 is 17.9 Å². The molecule has 0 aromatic heterocycles. The number of aryl methyl sites for hydroxylation is 1. The van der Waals surface area contributed by atoms with E-state index in [1.807, 2.05) is 49.4 Å². The number of nitrogens with one attached hydrogen (secondary N) is 2. The van der Waals surface area contributed by atoms with Gasteiger partial charge >= 0.3 is 5.97 Å². The quantitative estimate of drug-likeness (QED) is 0.212. The zero-order valence-electron chi connectivity index (χ0n) is 26.7. The Morgan fingerprint density at radius 2 is 1.56 bits per heavy atom. The maximum atomic E-state index is 13.5. The maximum absolute atomic E-state index is 13.5. The molecule has 1 aliphatic rings. The van der Waals surface area contributed by atoms with Crippen LogP contribution in [0.1, 0.15) is 61.9 Å². The minimum Gasteiger partial charge on any atom is -0.481 e. The number of carboxylic acids is 1. The summed E-state index contributed by atoms with van der Waals surface area (Å²) in [6.45, 7) is 4.00. The molecule has 0 aliphatic carbocycles. The van der Waals surface area contributed by atoms with Crippen molar-refractivity contribution in [2.24, 2.45) is 0 Å². The van der Waals surface area contributed by atoms with Crippen molar-refractivity contribution in [2.45, 2.75) is 32.2 Å². The van der Waals surface area contributed by atoms with Crippen LogP contribution in [-0.2, 0) is 16.0 Å². The summed E-state index contributed by atoms with van der Waals surface area (Å²) in [6.07, 6.45) is 0.520. The summed E-state index contributed by atoms with van der Waals surface area (Å²) in [4.78, 5) is 55.6. The number of hydrogen-bond acceptors (Lipinski definition) is 6. The SMILES string of the molecule is Cc1ccc(C(CC(=O)O)NC(=O)c2ccc(N3CCCN(C(=O)c4ccc(C#N)cc4)CC3)c(NC(=O)Cc3ccccc3)c2)cc1. The fraction of sp³-hybridized carbons (Fsp3) is 0.237. The number of carbonyl (C=O) groups excluding carboxylic acids is 3. The molecule has 244 valence electrons. The summed E-state index contributed by atoms with van der Waals surface area (Å²) in [5, 5.41) is 24.5. The number of hydrogen-bond donors (Lipinski definition) is 3. The van der Waals surface area contributed by atoms with Crippen LogP contribution in [0.25, 0.3) is 0 Å². The smallest absolute Gasteiger partial charge is 0.305 e. The molecule has 0 radical (unpaired) electrons. The zero-order valence-corrected chi connectivity index (χ0v) is 26.7. The Kier molecular flexibility index (Phi) is 10.8. The van der Waals surface area contributed by atoms with Gasteiger partial charge in [0.05, 0.1) is 41.9 Å². The number of rotatable bonds is 10. The van der Waals surface area contributed by atoms with Gasteiger partial charge in [-0.15, -0.1) is 0 Å². The predicted octanol–water partition coefficient (Wildman–Crippen LogP) is 5.35. The molecule has 0 saturated carbocycles. The van der Waals surface area contributed by atoms with Crippen LogP contribution in [0.15, 0.2) is 97.1 Å². The molecule has 3 N–H and O–H groups in total. The normalized spacial score (nSPS) is 13.5. The van der Waals surface area contributed by atoms with E-state index in [-0.39, 0.29) is 30.2 Å². The number of benzene rings is 4. The first kappa shape index (κ1) is 33.4. The van der Waals surface area contributed by atoms with Crippen molar-refractivity contribution in [2.75, 3.05) is 36.4 Å². The summed E-state index contributed by atoms with van der Waals surface area (Å²) in [7, 11) is 0. The summed E-state index contributed by atoms with van der Waals surface area (Å²) in [5.41, 5.74) is 4.95. The van der Waals surface area contributed by atoms with Gasteiger partial charge in [0, 0.05) is 37.3 Å². The van der Waals surface area contributed by atoms with Crippen LogP contribution in [0, 0.1) is 18.3 Å². The lowest BCUT2D eigenvalue weighted by Gasteiger charge is -2.27. The van der Waals surface area contributed by atoms with Gasteiger partial charge in [-0.1, -0.05) is 60.2 Å². The van der Waals surface area contributed by atoms with Crippen LogP contribution in [0.4, 0.5) is 11.4 Å². The van der Waals surface area contributed by atoms with Crippen LogP contribution >= 0.6 is 0 Å². The Hall–Kier alpha value is -5.95. The third-order valence-electron chi connectivity index (χ3n) is 8.29. The minimum atomic E-state index is -1.04. The fourth-order valence-corrected chi connectivity index (χ4v) is 5.73. The van der Waals surface area contributed by atoms with Crippen molar-refractivity contribution in [3.8, 4) is 6.07 Å². The Morgan fingerprint density at radius 3 is 2.25 bits per heavy atom. The van der Waals surface area contributed by atoms with Crippen LogP contribution < -0.4 is 15.5 Å². The molecule has 10 heteroatoms. The number of nitriles is 1. The average Bonchev–Trinajstić information content (AvgIpc) is 3.34. The van der Waals surface area contributed by atoms with E-state index in [2.05, 4.69) is 21.6 Å². The van der Waals surface area contributed by atoms with Crippen LogP contribution in [-0.4, -0.2) is 59.9 Å². The molecule has 3 amide bonds. The molecule has 1 unspecified atom stereocenters. The van der Waals surface area contributed by atoms with Crippen molar-refractivity contribution in [1.29, 1.82) is 5.26 Å². The second-order valence-corrected chi connectivity index (χ2v) is 11.8. The van der Waals surface area contributed by atoms with Crippen molar-refractivity contribution in [3.63, 3.8) is 0 Å². The topological polar surface area (TPSA) is 143 Å². The van der Waals surface area contributed by atoms with E-state index in [1.54, 1.807) is 59.5 Å². The Balaban J connectivity index is 1.38. The first-order chi connectivity index (χ1) is 23.2. The first-order valence-corrected chi connectivity index (χ1v) is 15.8. The van der Waals surface area contributed by atoms with Crippen LogP contribution in [0.2, 0.25) is 0 Å². The van der Waals surface area contributed by atoms with Gasteiger partial charge < -0.3 is 25.5 Å². The minimum absolute atomic E-state index is 0.116. The second-order valence-electron chi connectivity index (χ2n) is 11.8. The predicted molar refractivity (Wildman–Crippen MR) is 183 cm³/mol. The lowest BCUT2D eigenvalue weighted by atomic mass is 10.0. The molecule has 0 spiro atoms. The maximum Gasteiger partial charge on any atom is 0.305 e. The standard InChI is InChI=1S/C38H37N5O5/c1-26-8-12-29(13-9-26)32(24-36(45)46)41-37(47)31-16-17-34(33(23-31)40-35(44)22-27-6-3-2-4-7-27)42-18-5-19-43(21-20-42)38(48)30-14-10-28(25-39)11-15-30/h2-4,6-17,23,32H,5,18-22,24H2,1H3,(H,40,44)(H,41,47)(H,45,46). The van der Waals surface area contributed by atoms with Crippen molar-refractivity contribution in [3.05, 3.63) is 130 Å². The van der Waals surface area contributed by atoms with Gasteiger partial charge in [0.1, 0.15) is 0 Å². The number of carboxylic acid groups (broad SMARTS) is 1. The molecule has 4 aromatic rings. The summed E-state index contributed by atoms with van der Waals surface area (Å²) in [5.74, 6) is -1.88. The van der Waals surface area contributed by atoms with Crippen molar-refractivity contribution in [1.82, 2.24) is 10.2 Å². The molecule has 4 aromatic carbocycles. The van der Waals surface area contributed by atoms with Crippen molar-refractivity contribution >= 4 is 35.1 Å². The third kappa shape index (κ3) is 8.65. The number of anilines is 2. The zero-order chi connectivity index (χ0) is 34.0. The highest BCUT2D eigenvalue weighted by Gasteiger charge is 2.24. The molecule has 1 aliphatic heterocycles. The van der Waals surface area contributed by atoms with E-state index >= 15 is 0 Å². The van der Waals surface area contributed by atoms with E-state index in [4.69, 9.17) is 5.26 Å². The van der Waals surface area contributed by atoms with Gasteiger partial charge in [-0.25, -0.2) is 0 Å². The highest BCUT2D eigenvalue weighted by molar-refractivity contribution is 6.01. The summed E-state index contributed by atoms with van der Waals surface area (Å²) < 4.78 is 0. The largest absolute Gasteiger partial charge is 0.481 e. The van der Waals surface area contributed by atoms with E-state index in [0.29, 0.717) is 60.7 Å². The number of carbonyl (C=O) groups is 4. The lowest BCUT2D eigenvalue weighted by Crippen LogP contribution is -2.35. The van der Waals surface area contributed by atoms with Crippen LogP contribution in [0.3, 0.4) is 0 Å². The molecule has 1 atom stereocenters. The van der Waals surface area contributed by atoms with Gasteiger partial charge in [-0.2, -0.15) is 5.26 Å². The van der Waals surface area contributed by atoms with E-state index in [9.17, 15) is 24.3 Å². The van der Waals surface area contributed by atoms with E-state index in [1.165, 1.54) is 0 Å². The highest BCUT2D eigenvalue weighted by Crippen LogP contribution is 2.30.